The van der Waals surface area contributed by atoms with Crippen molar-refractivity contribution in [3.05, 3.63) is 112 Å². The summed E-state index contributed by atoms with van der Waals surface area (Å²) in [5.41, 5.74) is 2.22. The number of fused-ring (bicyclic) bond motifs is 1. The first-order valence-electron chi connectivity index (χ1n) is 11.2. The standard InChI is InChI=1S/C27H20BrClN2O4S/c1-3-34-26(33)23-15(2)30-27-31(24(23)16-7-9-19(29)10-8-16)25(32)22(36-27)14-20-11-12-21(35-20)17-5-4-6-18(28)13-17/h4-14,24H,3H2,1-2H3/b22-14-/t24-/m1/s1. The molecular formula is C27H20BrClN2O4S. The number of esters is 1. The highest BCUT2D eigenvalue weighted by Crippen LogP contribution is 2.31. The first-order valence-corrected chi connectivity index (χ1v) is 13.2. The summed E-state index contributed by atoms with van der Waals surface area (Å²) in [6.07, 6.45) is 1.70. The van der Waals surface area contributed by atoms with Crippen LogP contribution in [0.1, 0.15) is 31.2 Å². The Morgan fingerprint density at radius 2 is 2.00 bits per heavy atom. The van der Waals surface area contributed by atoms with E-state index in [0.717, 1.165) is 15.6 Å². The van der Waals surface area contributed by atoms with Gasteiger partial charge in [0.1, 0.15) is 11.5 Å². The number of rotatable bonds is 5. The summed E-state index contributed by atoms with van der Waals surface area (Å²) in [6.45, 7) is 3.71. The van der Waals surface area contributed by atoms with Gasteiger partial charge < -0.3 is 9.15 Å². The predicted octanol–water partition coefficient (Wildman–Crippen LogP) is 5.47. The second-order valence-corrected chi connectivity index (χ2v) is 10.4. The molecular weight excluding hydrogens is 564 g/mol. The molecule has 0 unspecified atom stereocenters. The third-order valence-electron chi connectivity index (χ3n) is 5.71. The molecule has 0 fully saturated rings. The lowest BCUT2D eigenvalue weighted by Crippen LogP contribution is -2.39. The van der Waals surface area contributed by atoms with Gasteiger partial charge >= 0.3 is 5.97 Å². The molecule has 9 heteroatoms. The van der Waals surface area contributed by atoms with Gasteiger partial charge in [-0.3, -0.25) is 9.36 Å². The summed E-state index contributed by atoms with van der Waals surface area (Å²) in [4.78, 5) is 31.7. The number of benzene rings is 2. The van der Waals surface area contributed by atoms with Gasteiger partial charge in [-0.05, 0) is 55.8 Å². The average molecular weight is 584 g/mol. The van der Waals surface area contributed by atoms with Crippen LogP contribution in [0.4, 0.5) is 0 Å². The number of nitrogens with zero attached hydrogens (tertiary/aromatic N) is 2. The van der Waals surface area contributed by atoms with E-state index in [4.69, 9.17) is 20.8 Å². The molecule has 0 saturated carbocycles. The van der Waals surface area contributed by atoms with Crippen LogP contribution in [0.2, 0.25) is 5.02 Å². The summed E-state index contributed by atoms with van der Waals surface area (Å²) >= 11 is 10.8. The van der Waals surface area contributed by atoms with E-state index >= 15 is 0 Å². The number of hydrogen-bond donors (Lipinski definition) is 0. The van der Waals surface area contributed by atoms with E-state index in [1.807, 2.05) is 36.4 Å². The Bertz CT molecular complexity index is 1680. The molecule has 36 heavy (non-hydrogen) atoms. The molecule has 2 aromatic heterocycles. The van der Waals surface area contributed by atoms with Crippen LogP contribution in [0.5, 0.6) is 0 Å². The first kappa shape index (κ1) is 24.5. The summed E-state index contributed by atoms with van der Waals surface area (Å²) < 4.78 is 14.3. The van der Waals surface area contributed by atoms with Gasteiger partial charge in [0.15, 0.2) is 4.80 Å². The molecule has 5 rings (SSSR count). The molecule has 182 valence electrons. The highest BCUT2D eigenvalue weighted by atomic mass is 79.9. The minimum Gasteiger partial charge on any atom is -0.463 e. The van der Waals surface area contributed by atoms with E-state index in [9.17, 15) is 9.59 Å². The molecule has 4 aromatic rings. The molecule has 0 amide bonds. The van der Waals surface area contributed by atoms with Crippen molar-refractivity contribution in [2.75, 3.05) is 6.61 Å². The largest absolute Gasteiger partial charge is 0.463 e. The third kappa shape index (κ3) is 4.64. The second kappa shape index (κ2) is 10.0. The van der Waals surface area contributed by atoms with Gasteiger partial charge in [0.05, 0.1) is 28.5 Å². The maximum atomic E-state index is 13.7. The topological polar surface area (TPSA) is 73.8 Å². The molecule has 3 heterocycles. The number of carbonyl (C=O) groups is 1. The van der Waals surface area contributed by atoms with Crippen LogP contribution in [0.25, 0.3) is 17.4 Å². The van der Waals surface area contributed by atoms with Crippen molar-refractivity contribution < 1.29 is 13.9 Å². The SMILES string of the molecule is CCOC(=O)C1=C(C)N=c2s/c(=C\c3ccc(-c4cccc(Br)c4)o3)c(=O)n2[C@@H]1c1ccc(Cl)cc1. The average Bonchev–Trinajstić information content (AvgIpc) is 3.43. The smallest absolute Gasteiger partial charge is 0.338 e. The first-order chi connectivity index (χ1) is 17.4. The number of ether oxygens (including phenoxy) is 1. The Morgan fingerprint density at radius 3 is 2.72 bits per heavy atom. The lowest BCUT2D eigenvalue weighted by Gasteiger charge is -2.24. The Balaban J connectivity index is 1.64. The Morgan fingerprint density at radius 1 is 1.22 bits per heavy atom. The maximum absolute atomic E-state index is 13.7. The lowest BCUT2D eigenvalue weighted by molar-refractivity contribution is -0.139. The number of carbonyl (C=O) groups excluding carboxylic acids is 1. The maximum Gasteiger partial charge on any atom is 0.338 e. The number of halogens is 2. The molecule has 1 aliphatic rings. The molecule has 1 atom stereocenters. The molecule has 0 N–H and O–H groups in total. The van der Waals surface area contributed by atoms with Gasteiger partial charge in [-0.1, -0.05) is 63.1 Å². The van der Waals surface area contributed by atoms with Gasteiger partial charge in [0, 0.05) is 21.1 Å². The molecule has 2 aromatic carbocycles. The van der Waals surface area contributed by atoms with Crippen molar-refractivity contribution in [1.82, 2.24) is 4.57 Å². The highest BCUT2D eigenvalue weighted by Gasteiger charge is 2.33. The summed E-state index contributed by atoms with van der Waals surface area (Å²) in [5, 5.41) is 0.559. The molecule has 0 spiro atoms. The highest BCUT2D eigenvalue weighted by molar-refractivity contribution is 9.10. The van der Waals surface area contributed by atoms with E-state index in [0.29, 0.717) is 37.1 Å². The van der Waals surface area contributed by atoms with Crippen LogP contribution in [0.15, 0.2) is 90.6 Å². The zero-order valence-electron chi connectivity index (χ0n) is 19.3. The minimum absolute atomic E-state index is 0.214. The van der Waals surface area contributed by atoms with Crippen LogP contribution >= 0.6 is 38.9 Å². The molecule has 6 nitrogen and oxygen atoms in total. The van der Waals surface area contributed by atoms with Crippen molar-refractivity contribution in [1.29, 1.82) is 0 Å². The fraction of sp³-hybridized carbons (Fsp3) is 0.148. The van der Waals surface area contributed by atoms with Crippen LogP contribution in [0, 0.1) is 0 Å². The van der Waals surface area contributed by atoms with E-state index in [-0.39, 0.29) is 12.2 Å². The van der Waals surface area contributed by atoms with Crippen molar-refractivity contribution in [3.63, 3.8) is 0 Å². The quantitative estimate of drug-likeness (QED) is 0.292. The van der Waals surface area contributed by atoms with Gasteiger partial charge in [0.25, 0.3) is 5.56 Å². The normalized spacial score (nSPS) is 15.6. The van der Waals surface area contributed by atoms with E-state index in [2.05, 4.69) is 20.9 Å². The molecule has 0 bridgehead atoms. The summed E-state index contributed by atoms with van der Waals surface area (Å²) in [7, 11) is 0. The van der Waals surface area contributed by atoms with Crippen LogP contribution in [-0.4, -0.2) is 17.1 Å². The second-order valence-electron chi connectivity index (χ2n) is 8.07. The molecule has 1 aliphatic heterocycles. The zero-order valence-corrected chi connectivity index (χ0v) is 22.5. The van der Waals surface area contributed by atoms with Gasteiger partial charge in [0.2, 0.25) is 0 Å². The fourth-order valence-corrected chi connectivity index (χ4v) is 5.66. The van der Waals surface area contributed by atoms with Crippen LogP contribution in [0.3, 0.4) is 0 Å². The summed E-state index contributed by atoms with van der Waals surface area (Å²) in [6, 6.07) is 17.9. The van der Waals surface area contributed by atoms with Crippen molar-refractivity contribution in [2.24, 2.45) is 4.99 Å². The van der Waals surface area contributed by atoms with Crippen molar-refractivity contribution >= 4 is 50.9 Å². The summed E-state index contributed by atoms with van der Waals surface area (Å²) in [5.74, 6) is 0.729. The predicted molar refractivity (Wildman–Crippen MR) is 144 cm³/mol. The van der Waals surface area contributed by atoms with Gasteiger partial charge in [-0.2, -0.15) is 0 Å². The van der Waals surface area contributed by atoms with E-state index < -0.39 is 12.0 Å². The van der Waals surface area contributed by atoms with Crippen LogP contribution in [-0.2, 0) is 9.53 Å². The van der Waals surface area contributed by atoms with Gasteiger partial charge in [-0.15, -0.1) is 0 Å². The fourth-order valence-electron chi connectivity index (χ4n) is 4.11. The number of allylic oxidation sites excluding steroid dienone is 1. The monoisotopic (exact) mass is 582 g/mol. The molecule has 0 saturated heterocycles. The molecule has 0 aliphatic carbocycles. The minimum atomic E-state index is -0.687. The Labute approximate surface area is 224 Å². The van der Waals surface area contributed by atoms with Crippen molar-refractivity contribution in [2.45, 2.75) is 19.9 Å². The Kier molecular flexibility index (Phi) is 6.83. The van der Waals surface area contributed by atoms with Crippen LogP contribution < -0.4 is 14.9 Å². The lowest BCUT2D eigenvalue weighted by atomic mass is 9.96. The van der Waals surface area contributed by atoms with E-state index in [1.54, 1.807) is 44.2 Å². The molecule has 0 radical (unpaired) electrons. The van der Waals surface area contributed by atoms with E-state index in [1.165, 1.54) is 15.9 Å². The zero-order chi connectivity index (χ0) is 25.4. The number of hydrogen-bond acceptors (Lipinski definition) is 6. The van der Waals surface area contributed by atoms with Gasteiger partial charge in [-0.25, -0.2) is 9.79 Å². The number of aromatic nitrogens is 1. The number of thiazole rings is 1. The third-order valence-corrected chi connectivity index (χ3v) is 7.44. The van der Waals surface area contributed by atoms with Crippen molar-refractivity contribution in [3.8, 4) is 11.3 Å². The number of furan rings is 1. The Hall–Kier alpha value is -3.20.